The third kappa shape index (κ3) is 5.18. The van der Waals surface area contributed by atoms with Crippen molar-refractivity contribution < 1.29 is 19.7 Å². The fourth-order valence-electron chi connectivity index (χ4n) is 2.34. The van der Waals surface area contributed by atoms with Crippen LogP contribution in [0.4, 0.5) is 0 Å². The first kappa shape index (κ1) is 18.2. The van der Waals surface area contributed by atoms with Crippen LogP contribution in [0.25, 0.3) is 0 Å². The molecular formula is C20H24O4. The van der Waals surface area contributed by atoms with Gasteiger partial charge >= 0.3 is 0 Å². The van der Waals surface area contributed by atoms with Crippen molar-refractivity contribution >= 4 is 5.78 Å². The normalized spacial score (nSPS) is 12.1. The van der Waals surface area contributed by atoms with Crippen molar-refractivity contribution in [2.75, 3.05) is 0 Å². The Labute approximate surface area is 142 Å². The number of hydrogen-bond acceptors (Lipinski definition) is 4. The summed E-state index contributed by atoms with van der Waals surface area (Å²) in [6, 6.07) is 14.2. The molecule has 2 rings (SSSR count). The maximum absolute atomic E-state index is 12.0. The van der Waals surface area contributed by atoms with Gasteiger partial charge in [-0.05, 0) is 69.7 Å². The zero-order valence-electron chi connectivity index (χ0n) is 14.5. The van der Waals surface area contributed by atoms with Crippen LogP contribution < -0.4 is 4.74 Å². The molecule has 0 amide bonds. The van der Waals surface area contributed by atoms with E-state index in [-0.39, 0.29) is 5.78 Å². The van der Waals surface area contributed by atoms with Crippen LogP contribution in [0.1, 0.15) is 43.6 Å². The van der Waals surface area contributed by atoms with Crippen LogP contribution in [0, 0.1) is 0 Å². The average Bonchev–Trinajstić information content (AvgIpc) is 2.47. The van der Waals surface area contributed by atoms with E-state index < -0.39 is 11.2 Å². The first-order chi connectivity index (χ1) is 11.0. The molecule has 0 aliphatic heterocycles. The highest BCUT2D eigenvalue weighted by molar-refractivity contribution is 6.01. The fourth-order valence-corrected chi connectivity index (χ4v) is 2.34. The quantitative estimate of drug-likeness (QED) is 0.793. The second-order valence-electron chi connectivity index (χ2n) is 7.15. The van der Waals surface area contributed by atoms with Crippen molar-refractivity contribution in [3.8, 4) is 11.5 Å². The van der Waals surface area contributed by atoms with Gasteiger partial charge in [0.15, 0.2) is 5.78 Å². The van der Waals surface area contributed by atoms with Gasteiger partial charge in [-0.25, -0.2) is 0 Å². The lowest BCUT2D eigenvalue weighted by molar-refractivity contribution is 0.0488. The van der Waals surface area contributed by atoms with Crippen molar-refractivity contribution in [3.05, 3.63) is 59.7 Å². The van der Waals surface area contributed by atoms with E-state index in [1.165, 1.54) is 13.8 Å². The smallest absolute Gasteiger partial charge is 0.193 e. The Hall–Kier alpha value is -2.17. The summed E-state index contributed by atoms with van der Waals surface area (Å²) in [5.41, 5.74) is -0.666. The van der Waals surface area contributed by atoms with E-state index in [4.69, 9.17) is 4.74 Å². The van der Waals surface area contributed by atoms with E-state index in [2.05, 4.69) is 0 Å². The van der Waals surface area contributed by atoms with Crippen molar-refractivity contribution in [2.24, 2.45) is 0 Å². The Bertz CT molecular complexity index is 686. The molecule has 0 aliphatic rings. The van der Waals surface area contributed by atoms with E-state index in [0.717, 1.165) is 5.56 Å². The molecule has 0 unspecified atom stereocenters. The van der Waals surface area contributed by atoms with Gasteiger partial charge in [0.25, 0.3) is 0 Å². The summed E-state index contributed by atoms with van der Waals surface area (Å²) in [7, 11) is 0. The van der Waals surface area contributed by atoms with Crippen molar-refractivity contribution in [1.82, 2.24) is 0 Å². The lowest BCUT2D eigenvalue weighted by Gasteiger charge is -2.17. The molecule has 128 valence electrons. The number of rotatable bonds is 6. The topological polar surface area (TPSA) is 66.8 Å². The van der Waals surface area contributed by atoms with Crippen LogP contribution >= 0.6 is 0 Å². The number of ether oxygens (including phenoxy) is 1. The first-order valence-electron chi connectivity index (χ1n) is 7.91. The molecule has 2 N–H and O–H groups in total. The highest BCUT2D eigenvalue weighted by Crippen LogP contribution is 2.24. The van der Waals surface area contributed by atoms with E-state index in [0.29, 0.717) is 23.5 Å². The lowest BCUT2D eigenvalue weighted by Crippen LogP contribution is -2.30. The number of carbonyl (C=O) groups is 1. The number of carbonyl (C=O) groups excluding carboxylic acids is 1. The summed E-state index contributed by atoms with van der Waals surface area (Å²) in [6.07, 6.45) is 0.570. The molecule has 0 aliphatic carbocycles. The lowest BCUT2D eigenvalue weighted by atomic mass is 9.97. The average molecular weight is 328 g/mol. The summed E-state index contributed by atoms with van der Waals surface area (Å²) < 4.78 is 5.75. The van der Waals surface area contributed by atoms with E-state index in [1.54, 1.807) is 38.1 Å². The molecule has 0 spiro atoms. The Morgan fingerprint density at radius 1 is 0.875 bits per heavy atom. The second-order valence-corrected chi connectivity index (χ2v) is 7.15. The monoisotopic (exact) mass is 328 g/mol. The minimum atomic E-state index is -1.39. The molecule has 2 aromatic carbocycles. The zero-order valence-corrected chi connectivity index (χ0v) is 14.5. The van der Waals surface area contributed by atoms with Gasteiger partial charge in [-0.3, -0.25) is 4.79 Å². The molecule has 0 radical (unpaired) electrons. The predicted octanol–water partition coefficient (Wildman–Crippen LogP) is 3.75. The van der Waals surface area contributed by atoms with Gasteiger partial charge < -0.3 is 14.9 Å². The third-order valence-electron chi connectivity index (χ3n) is 3.47. The van der Waals surface area contributed by atoms with Gasteiger partial charge in [-0.2, -0.15) is 0 Å². The highest BCUT2D eigenvalue weighted by Gasteiger charge is 2.25. The van der Waals surface area contributed by atoms with Gasteiger partial charge in [-0.15, -0.1) is 0 Å². The van der Waals surface area contributed by atoms with E-state index in [9.17, 15) is 15.0 Å². The van der Waals surface area contributed by atoms with Crippen LogP contribution in [0.3, 0.4) is 0 Å². The SMILES string of the molecule is CC(C)(O)Cc1ccc(Oc2ccc(C(=O)C(C)(C)O)cc2)cc1. The summed E-state index contributed by atoms with van der Waals surface area (Å²) >= 11 is 0. The Kier molecular flexibility index (Phi) is 5.11. The van der Waals surface area contributed by atoms with Crippen molar-refractivity contribution in [1.29, 1.82) is 0 Å². The van der Waals surface area contributed by atoms with Gasteiger partial charge in [0.05, 0.1) is 5.60 Å². The van der Waals surface area contributed by atoms with Gasteiger partial charge in [-0.1, -0.05) is 12.1 Å². The number of Topliss-reactive ketones (excluding diaryl/α,β-unsaturated/α-hetero) is 1. The van der Waals surface area contributed by atoms with Crippen LogP contribution in [-0.2, 0) is 6.42 Å². The molecule has 0 heterocycles. The molecule has 4 heteroatoms. The molecule has 4 nitrogen and oxygen atoms in total. The van der Waals surface area contributed by atoms with Crippen LogP contribution in [-0.4, -0.2) is 27.2 Å². The van der Waals surface area contributed by atoms with Crippen LogP contribution in [0.15, 0.2) is 48.5 Å². The minimum absolute atomic E-state index is 0.329. The van der Waals surface area contributed by atoms with E-state index in [1.807, 2.05) is 24.3 Å². The molecule has 0 saturated heterocycles. The first-order valence-corrected chi connectivity index (χ1v) is 7.91. The highest BCUT2D eigenvalue weighted by atomic mass is 16.5. The van der Waals surface area contributed by atoms with Gasteiger partial charge in [0, 0.05) is 12.0 Å². The number of hydrogen-bond donors (Lipinski definition) is 2. The maximum Gasteiger partial charge on any atom is 0.193 e. The number of aliphatic hydroxyl groups is 2. The molecule has 0 atom stereocenters. The Balaban J connectivity index is 2.05. The van der Waals surface area contributed by atoms with E-state index >= 15 is 0 Å². The minimum Gasteiger partial charge on any atom is -0.457 e. The van der Waals surface area contributed by atoms with Crippen molar-refractivity contribution in [3.63, 3.8) is 0 Å². The molecule has 0 aromatic heterocycles. The molecule has 0 fully saturated rings. The van der Waals surface area contributed by atoms with Crippen LogP contribution in [0.2, 0.25) is 0 Å². The summed E-state index contributed by atoms with van der Waals surface area (Å²) in [4.78, 5) is 12.0. The maximum atomic E-state index is 12.0. The van der Waals surface area contributed by atoms with Crippen LogP contribution in [0.5, 0.6) is 11.5 Å². The molecule has 0 saturated carbocycles. The standard InChI is InChI=1S/C20H24O4/c1-19(2,22)13-14-5-9-16(10-6-14)24-17-11-7-15(8-12-17)18(21)20(3,4)23/h5-12,22-23H,13H2,1-4H3. The molecule has 2 aromatic rings. The predicted molar refractivity (Wildman–Crippen MR) is 93.6 cm³/mol. The molecule has 0 bridgehead atoms. The van der Waals surface area contributed by atoms with Gasteiger partial charge in [0.2, 0.25) is 0 Å². The summed E-state index contributed by atoms with van der Waals surface area (Å²) in [5.74, 6) is 0.957. The largest absolute Gasteiger partial charge is 0.457 e. The number of ketones is 1. The summed E-state index contributed by atoms with van der Waals surface area (Å²) in [5, 5.41) is 19.6. The van der Waals surface area contributed by atoms with Crippen molar-refractivity contribution in [2.45, 2.75) is 45.3 Å². The second kappa shape index (κ2) is 6.75. The zero-order chi connectivity index (χ0) is 18.0. The summed E-state index contributed by atoms with van der Waals surface area (Å²) in [6.45, 7) is 6.48. The van der Waals surface area contributed by atoms with Gasteiger partial charge in [0.1, 0.15) is 17.1 Å². The molecular weight excluding hydrogens is 304 g/mol. The molecule has 24 heavy (non-hydrogen) atoms. The fraction of sp³-hybridized carbons (Fsp3) is 0.350. The number of benzene rings is 2. The Morgan fingerprint density at radius 2 is 1.33 bits per heavy atom. The third-order valence-corrected chi connectivity index (χ3v) is 3.47. The Morgan fingerprint density at radius 3 is 1.75 bits per heavy atom.